The molecule has 0 fully saturated rings. The number of fused-ring (bicyclic) bond motifs is 7. The molecule has 0 bridgehead atoms. The van der Waals surface area contributed by atoms with Gasteiger partial charge in [-0.25, -0.2) is 15.0 Å². The number of hydrogen-bond donors (Lipinski definition) is 0. The van der Waals surface area contributed by atoms with Gasteiger partial charge in [0, 0.05) is 36.9 Å². The standard InChI is InChI=1S/C56H35N3S/c1-4-17-36(18-5-1)53-57-54(37-19-6-2-7-20-37)59-55(58-53)46-29-15-25-40-41(26-14-27-42(40)46)45-28-16-32-51-52(45)47-35-39(33-34-50(47)60-51)56(38-21-8-3-9-22-38)48-30-12-10-23-43(48)44-24-11-13-31-49(44)56/h1-35H. The van der Waals surface area contributed by atoms with Crippen molar-refractivity contribution in [2.24, 2.45) is 0 Å². The summed E-state index contributed by atoms with van der Waals surface area (Å²) < 4.78 is 2.54. The van der Waals surface area contributed by atoms with Crippen molar-refractivity contribution in [2.45, 2.75) is 5.41 Å². The minimum atomic E-state index is -0.470. The molecule has 0 radical (unpaired) electrons. The average Bonchev–Trinajstić information content (AvgIpc) is 3.86. The van der Waals surface area contributed by atoms with Gasteiger partial charge in [-0.15, -0.1) is 11.3 Å². The average molecular weight is 782 g/mol. The van der Waals surface area contributed by atoms with E-state index in [0.717, 1.165) is 27.5 Å². The zero-order chi connectivity index (χ0) is 39.6. The van der Waals surface area contributed by atoms with Crippen molar-refractivity contribution in [1.82, 2.24) is 15.0 Å². The molecular weight excluding hydrogens is 747 g/mol. The van der Waals surface area contributed by atoms with E-state index in [1.807, 2.05) is 47.7 Å². The quantitative estimate of drug-likeness (QED) is 0.169. The highest BCUT2D eigenvalue weighted by Gasteiger charge is 2.46. The summed E-state index contributed by atoms with van der Waals surface area (Å²) in [6, 6.07) is 76.5. The van der Waals surface area contributed by atoms with Crippen LogP contribution in [-0.4, -0.2) is 15.0 Å². The molecule has 0 saturated heterocycles. The number of thiophene rings is 1. The lowest BCUT2D eigenvalue weighted by Crippen LogP contribution is -2.28. The van der Waals surface area contributed by atoms with Crippen molar-refractivity contribution in [3.05, 3.63) is 235 Å². The lowest BCUT2D eigenvalue weighted by molar-refractivity contribution is 0.770. The van der Waals surface area contributed by atoms with Crippen molar-refractivity contribution < 1.29 is 0 Å². The number of nitrogens with zero attached hydrogens (tertiary/aromatic N) is 3. The molecule has 3 nitrogen and oxygen atoms in total. The number of aromatic nitrogens is 3. The Hall–Kier alpha value is -7.53. The monoisotopic (exact) mass is 781 g/mol. The fourth-order valence-electron chi connectivity index (χ4n) is 9.67. The van der Waals surface area contributed by atoms with Gasteiger partial charge in [0.1, 0.15) is 0 Å². The predicted octanol–water partition coefficient (Wildman–Crippen LogP) is 14.4. The molecule has 60 heavy (non-hydrogen) atoms. The molecule has 0 atom stereocenters. The van der Waals surface area contributed by atoms with Crippen LogP contribution in [0.1, 0.15) is 22.3 Å². The third-order valence-electron chi connectivity index (χ3n) is 12.2. The smallest absolute Gasteiger partial charge is 0.164 e. The molecule has 280 valence electrons. The largest absolute Gasteiger partial charge is 0.208 e. The number of hydrogen-bond acceptors (Lipinski definition) is 4. The third-order valence-corrected chi connectivity index (χ3v) is 13.4. The van der Waals surface area contributed by atoms with Crippen LogP contribution < -0.4 is 0 Å². The van der Waals surface area contributed by atoms with Crippen molar-refractivity contribution in [3.63, 3.8) is 0 Å². The van der Waals surface area contributed by atoms with Gasteiger partial charge in [-0.2, -0.15) is 0 Å². The van der Waals surface area contributed by atoms with Crippen LogP contribution in [0.25, 0.3) is 87.4 Å². The third kappa shape index (κ3) is 5.24. The first-order valence-electron chi connectivity index (χ1n) is 20.4. The van der Waals surface area contributed by atoms with Crippen LogP contribution in [0, 0.1) is 0 Å². The molecule has 11 aromatic rings. The van der Waals surface area contributed by atoms with E-state index >= 15 is 0 Å². The summed E-state index contributed by atoms with van der Waals surface area (Å²) in [5, 5.41) is 4.79. The molecular formula is C56H35N3S. The maximum Gasteiger partial charge on any atom is 0.164 e. The fourth-order valence-corrected chi connectivity index (χ4v) is 10.8. The zero-order valence-electron chi connectivity index (χ0n) is 32.5. The van der Waals surface area contributed by atoms with E-state index in [4.69, 9.17) is 15.0 Å². The second-order valence-corrected chi connectivity index (χ2v) is 16.5. The van der Waals surface area contributed by atoms with Crippen molar-refractivity contribution in [3.8, 4) is 56.4 Å². The van der Waals surface area contributed by atoms with Gasteiger partial charge >= 0.3 is 0 Å². The first kappa shape index (κ1) is 34.5. The normalized spacial score (nSPS) is 12.8. The fraction of sp³-hybridized carbons (Fsp3) is 0.0179. The maximum absolute atomic E-state index is 5.12. The summed E-state index contributed by atoms with van der Waals surface area (Å²) >= 11 is 1.87. The Balaban J connectivity index is 1.08. The van der Waals surface area contributed by atoms with Crippen LogP contribution in [-0.2, 0) is 5.41 Å². The van der Waals surface area contributed by atoms with Gasteiger partial charge in [-0.3, -0.25) is 0 Å². The maximum atomic E-state index is 5.12. The van der Waals surface area contributed by atoms with E-state index in [0.29, 0.717) is 17.5 Å². The zero-order valence-corrected chi connectivity index (χ0v) is 33.3. The van der Waals surface area contributed by atoms with E-state index in [1.165, 1.54) is 64.7 Å². The molecule has 2 heterocycles. The van der Waals surface area contributed by atoms with Crippen LogP contribution in [0.5, 0.6) is 0 Å². The summed E-state index contributed by atoms with van der Waals surface area (Å²) in [6.07, 6.45) is 0. The second-order valence-electron chi connectivity index (χ2n) is 15.4. The Labute approximate surface area is 352 Å². The van der Waals surface area contributed by atoms with Gasteiger partial charge in [-0.1, -0.05) is 194 Å². The Bertz CT molecular complexity index is 3330. The minimum Gasteiger partial charge on any atom is -0.208 e. The molecule has 0 amide bonds. The van der Waals surface area contributed by atoms with E-state index in [-0.39, 0.29) is 0 Å². The lowest BCUT2D eigenvalue weighted by Gasteiger charge is -2.34. The van der Waals surface area contributed by atoms with Gasteiger partial charge in [0.15, 0.2) is 17.5 Å². The highest BCUT2D eigenvalue weighted by Crippen LogP contribution is 2.57. The Morgan fingerprint density at radius 3 is 1.47 bits per heavy atom. The molecule has 4 heteroatoms. The molecule has 0 aliphatic heterocycles. The first-order valence-corrected chi connectivity index (χ1v) is 21.2. The van der Waals surface area contributed by atoms with Crippen molar-refractivity contribution in [1.29, 1.82) is 0 Å². The highest BCUT2D eigenvalue weighted by molar-refractivity contribution is 7.26. The van der Waals surface area contributed by atoms with E-state index in [9.17, 15) is 0 Å². The second kappa shape index (κ2) is 13.8. The summed E-state index contributed by atoms with van der Waals surface area (Å²) in [6.45, 7) is 0. The lowest BCUT2D eigenvalue weighted by atomic mass is 9.67. The van der Waals surface area contributed by atoms with E-state index in [2.05, 4.69) is 176 Å². The van der Waals surface area contributed by atoms with Crippen molar-refractivity contribution in [2.75, 3.05) is 0 Å². The predicted molar refractivity (Wildman–Crippen MR) is 249 cm³/mol. The summed E-state index contributed by atoms with van der Waals surface area (Å²) in [7, 11) is 0. The molecule has 0 saturated carbocycles. The number of benzene rings is 9. The van der Waals surface area contributed by atoms with E-state index < -0.39 is 5.41 Å². The molecule has 0 spiro atoms. The van der Waals surface area contributed by atoms with Crippen LogP contribution in [0.2, 0.25) is 0 Å². The van der Waals surface area contributed by atoms with Gasteiger partial charge in [0.05, 0.1) is 5.41 Å². The van der Waals surface area contributed by atoms with Crippen LogP contribution in [0.3, 0.4) is 0 Å². The van der Waals surface area contributed by atoms with Gasteiger partial charge in [0.2, 0.25) is 0 Å². The van der Waals surface area contributed by atoms with Gasteiger partial charge < -0.3 is 0 Å². The molecule has 0 unspecified atom stereocenters. The molecule has 1 aliphatic carbocycles. The minimum absolute atomic E-state index is 0.470. The van der Waals surface area contributed by atoms with Gasteiger partial charge in [0.25, 0.3) is 0 Å². The van der Waals surface area contributed by atoms with Crippen LogP contribution >= 0.6 is 11.3 Å². The first-order chi connectivity index (χ1) is 29.8. The van der Waals surface area contributed by atoms with Crippen molar-refractivity contribution >= 4 is 42.3 Å². The summed E-state index contributed by atoms with van der Waals surface area (Å²) in [5.74, 6) is 1.95. The SMILES string of the molecule is c1ccc(-c2nc(-c3ccccc3)nc(-c3cccc4c(-c5cccc6sc7ccc(C8(c9ccccc9)c9ccccc9-c9ccccc98)cc7c56)cccc34)n2)cc1. The Kier molecular flexibility index (Phi) is 7.94. The topological polar surface area (TPSA) is 38.7 Å². The summed E-state index contributed by atoms with van der Waals surface area (Å²) in [5.41, 5.74) is 12.6. The van der Waals surface area contributed by atoms with Crippen LogP contribution in [0.15, 0.2) is 212 Å². The number of rotatable bonds is 6. The van der Waals surface area contributed by atoms with E-state index in [1.54, 1.807) is 0 Å². The Morgan fingerprint density at radius 1 is 0.317 bits per heavy atom. The molecule has 1 aliphatic rings. The summed E-state index contributed by atoms with van der Waals surface area (Å²) in [4.78, 5) is 15.2. The molecule has 12 rings (SSSR count). The molecule has 0 N–H and O–H groups in total. The molecule has 2 aromatic heterocycles. The van der Waals surface area contributed by atoms with Crippen LogP contribution in [0.4, 0.5) is 0 Å². The molecule has 9 aromatic carbocycles. The highest BCUT2D eigenvalue weighted by atomic mass is 32.1. The Morgan fingerprint density at radius 2 is 0.817 bits per heavy atom. The van der Waals surface area contributed by atoms with Gasteiger partial charge in [-0.05, 0) is 73.5 Å².